The van der Waals surface area contributed by atoms with Crippen LogP contribution in [0.15, 0.2) is 35.7 Å². The van der Waals surface area contributed by atoms with Crippen molar-refractivity contribution >= 4 is 17.7 Å². The van der Waals surface area contributed by atoms with Gasteiger partial charge >= 0.3 is 0 Å². The second kappa shape index (κ2) is 6.83. The summed E-state index contributed by atoms with van der Waals surface area (Å²) >= 11 is 1.56. The smallest absolute Gasteiger partial charge is 0.261 e. The third-order valence-corrected chi connectivity index (χ3v) is 4.55. The van der Waals surface area contributed by atoms with Gasteiger partial charge in [0.25, 0.3) is 5.91 Å². The molecule has 1 aliphatic rings. The molecule has 0 saturated carbocycles. The fourth-order valence-corrected chi connectivity index (χ4v) is 3.08. The molecule has 1 aromatic carbocycles. The van der Waals surface area contributed by atoms with Crippen LogP contribution in [-0.2, 0) is 18.3 Å². The van der Waals surface area contributed by atoms with E-state index in [1.165, 1.54) is 5.56 Å². The van der Waals surface area contributed by atoms with Gasteiger partial charge in [-0.1, -0.05) is 30.0 Å². The molecule has 1 atom stereocenters. The van der Waals surface area contributed by atoms with Gasteiger partial charge in [-0.15, -0.1) is 10.2 Å². The maximum absolute atomic E-state index is 12.2. The molecule has 1 amide bonds. The van der Waals surface area contributed by atoms with Gasteiger partial charge in [-0.3, -0.25) is 4.79 Å². The van der Waals surface area contributed by atoms with E-state index in [4.69, 9.17) is 4.74 Å². The Morgan fingerprint density at radius 2 is 2.36 bits per heavy atom. The second-order valence-corrected chi connectivity index (χ2v) is 6.18. The van der Waals surface area contributed by atoms with Crippen molar-refractivity contribution < 1.29 is 9.53 Å². The van der Waals surface area contributed by atoms with Gasteiger partial charge in [0, 0.05) is 19.3 Å². The lowest BCUT2D eigenvalue weighted by atomic mass is 10.0. The molecule has 0 radical (unpaired) electrons. The molecule has 1 N–H and O–H groups in total. The summed E-state index contributed by atoms with van der Waals surface area (Å²) in [6.45, 7) is 0.581. The number of carbonyl (C=O) groups is 1. The Kier molecular flexibility index (Phi) is 4.62. The Hall–Kier alpha value is -2.02. The first-order valence-electron chi connectivity index (χ1n) is 7.23. The average Bonchev–Trinajstić information content (AvgIpc) is 2.96. The normalized spacial score (nSPS) is 16.7. The summed E-state index contributed by atoms with van der Waals surface area (Å²) in [5, 5.41) is 11.6. The number of benzene rings is 1. The molecular formula is C15H18N4O2S. The van der Waals surface area contributed by atoms with Crippen LogP contribution in [0.5, 0.6) is 5.75 Å². The number of nitrogens with zero attached hydrogens (tertiary/aromatic N) is 3. The first-order chi connectivity index (χ1) is 10.7. The van der Waals surface area contributed by atoms with Gasteiger partial charge in [0.05, 0.1) is 0 Å². The van der Waals surface area contributed by atoms with Gasteiger partial charge in [-0.2, -0.15) is 0 Å². The van der Waals surface area contributed by atoms with Crippen molar-refractivity contribution in [2.24, 2.45) is 7.05 Å². The first-order valence-corrected chi connectivity index (χ1v) is 8.21. The lowest BCUT2D eigenvalue weighted by molar-refractivity contribution is -0.128. The van der Waals surface area contributed by atoms with Crippen molar-refractivity contribution in [1.82, 2.24) is 20.1 Å². The molecule has 0 aliphatic carbocycles. The number of ether oxygens (including phenoxy) is 1. The SMILES string of the molecule is Cn1cnnc1SCCNC(=O)[C@@H]1CCc2ccccc2O1. The van der Waals surface area contributed by atoms with Gasteiger partial charge in [0.1, 0.15) is 12.1 Å². The molecule has 0 saturated heterocycles. The van der Waals surface area contributed by atoms with E-state index in [1.807, 2.05) is 35.9 Å². The van der Waals surface area contributed by atoms with Gasteiger partial charge < -0.3 is 14.6 Å². The predicted octanol–water partition coefficient (Wildman–Crippen LogP) is 1.42. The molecule has 1 aromatic heterocycles. The highest BCUT2D eigenvalue weighted by atomic mass is 32.2. The van der Waals surface area contributed by atoms with Gasteiger partial charge in [0.2, 0.25) is 0 Å². The molecule has 2 heterocycles. The summed E-state index contributed by atoms with van der Waals surface area (Å²) in [5.41, 5.74) is 1.17. The van der Waals surface area contributed by atoms with Gasteiger partial charge in [0.15, 0.2) is 11.3 Å². The van der Waals surface area contributed by atoms with Crippen LogP contribution in [0.4, 0.5) is 0 Å². The minimum atomic E-state index is -0.394. The van der Waals surface area contributed by atoms with Gasteiger partial charge in [-0.05, 0) is 24.5 Å². The highest BCUT2D eigenvalue weighted by Crippen LogP contribution is 2.27. The molecule has 2 aromatic rings. The molecule has 116 valence electrons. The molecule has 0 bridgehead atoms. The first kappa shape index (κ1) is 14.9. The lowest BCUT2D eigenvalue weighted by Crippen LogP contribution is -2.41. The molecule has 7 heteroatoms. The summed E-state index contributed by atoms with van der Waals surface area (Å²) in [7, 11) is 1.90. The average molecular weight is 318 g/mol. The molecule has 0 fully saturated rings. The summed E-state index contributed by atoms with van der Waals surface area (Å²) in [6, 6.07) is 7.88. The number of hydrogen-bond donors (Lipinski definition) is 1. The zero-order valence-electron chi connectivity index (χ0n) is 12.4. The summed E-state index contributed by atoms with van der Waals surface area (Å²) in [6.07, 6.45) is 2.87. The van der Waals surface area contributed by atoms with Gasteiger partial charge in [-0.25, -0.2) is 0 Å². The number of carbonyl (C=O) groups excluding carboxylic acids is 1. The Morgan fingerprint density at radius 1 is 1.50 bits per heavy atom. The quantitative estimate of drug-likeness (QED) is 0.667. The number of rotatable bonds is 5. The zero-order valence-corrected chi connectivity index (χ0v) is 13.2. The van der Waals surface area contributed by atoms with Crippen LogP contribution in [0.3, 0.4) is 0 Å². The highest BCUT2D eigenvalue weighted by molar-refractivity contribution is 7.99. The van der Waals surface area contributed by atoms with Crippen molar-refractivity contribution in [3.8, 4) is 5.75 Å². The van der Waals surface area contributed by atoms with Crippen LogP contribution >= 0.6 is 11.8 Å². The number of aryl methyl sites for hydroxylation is 2. The number of nitrogens with one attached hydrogen (secondary N) is 1. The van der Waals surface area contributed by atoms with E-state index in [-0.39, 0.29) is 5.91 Å². The number of fused-ring (bicyclic) bond motifs is 1. The third-order valence-electron chi connectivity index (χ3n) is 3.51. The topological polar surface area (TPSA) is 69.0 Å². The Morgan fingerprint density at radius 3 is 3.18 bits per heavy atom. The van der Waals surface area contributed by atoms with E-state index in [0.29, 0.717) is 6.54 Å². The fourth-order valence-electron chi connectivity index (χ4n) is 2.34. The molecule has 22 heavy (non-hydrogen) atoms. The Balaban J connectivity index is 1.44. The molecule has 1 aliphatic heterocycles. The summed E-state index contributed by atoms with van der Waals surface area (Å²) in [5.74, 6) is 1.53. The van der Waals surface area contributed by atoms with Crippen LogP contribution in [0, 0.1) is 0 Å². The van der Waals surface area contributed by atoms with E-state index in [1.54, 1.807) is 18.1 Å². The van der Waals surface area contributed by atoms with Crippen molar-refractivity contribution in [3.05, 3.63) is 36.2 Å². The predicted molar refractivity (Wildman–Crippen MR) is 83.9 cm³/mol. The molecule has 0 spiro atoms. The molecule has 6 nitrogen and oxygen atoms in total. The van der Waals surface area contributed by atoms with Crippen LogP contribution in [0.25, 0.3) is 0 Å². The van der Waals surface area contributed by atoms with Crippen LogP contribution in [0.2, 0.25) is 0 Å². The number of amides is 1. The fraction of sp³-hybridized carbons (Fsp3) is 0.400. The van der Waals surface area contributed by atoms with E-state index < -0.39 is 6.10 Å². The maximum Gasteiger partial charge on any atom is 0.261 e. The minimum absolute atomic E-state index is 0.0481. The molecular weight excluding hydrogens is 300 g/mol. The Bertz CT molecular complexity index is 658. The standard InChI is InChI=1S/C15H18N4O2S/c1-19-10-17-18-15(19)22-9-8-16-14(20)13-7-6-11-4-2-3-5-12(11)21-13/h2-5,10,13H,6-9H2,1H3,(H,16,20)/t13-/m0/s1. The molecule has 0 unspecified atom stereocenters. The van der Waals surface area contributed by atoms with Crippen molar-refractivity contribution in [2.75, 3.05) is 12.3 Å². The number of thioether (sulfide) groups is 1. The molecule has 3 rings (SSSR count). The highest BCUT2D eigenvalue weighted by Gasteiger charge is 2.25. The van der Waals surface area contributed by atoms with Crippen LogP contribution in [-0.4, -0.2) is 39.1 Å². The summed E-state index contributed by atoms with van der Waals surface area (Å²) in [4.78, 5) is 12.2. The maximum atomic E-state index is 12.2. The number of para-hydroxylation sites is 1. The monoisotopic (exact) mass is 318 g/mol. The van der Waals surface area contributed by atoms with Crippen LogP contribution < -0.4 is 10.1 Å². The van der Waals surface area contributed by atoms with Crippen molar-refractivity contribution in [1.29, 1.82) is 0 Å². The Labute approximate surface area is 133 Å². The number of aromatic nitrogens is 3. The third kappa shape index (κ3) is 3.41. The summed E-state index contributed by atoms with van der Waals surface area (Å²) < 4.78 is 7.63. The van der Waals surface area contributed by atoms with E-state index in [9.17, 15) is 4.79 Å². The number of hydrogen-bond acceptors (Lipinski definition) is 5. The van der Waals surface area contributed by atoms with Crippen molar-refractivity contribution in [3.63, 3.8) is 0 Å². The van der Waals surface area contributed by atoms with Crippen LogP contribution in [0.1, 0.15) is 12.0 Å². The van der Waals surface area contributed by atoms with Crippen molar-refractivity contribution in [2.45, 2.75) is 24.1 Å². The van der Waals surface area contributed by atoms with E-state index in [2.05, 4.69) is 15.5 Å². The second-order valence-electron chi connectivity index (χ2n) is 5.12. The van der Waals surface area contributed by atoms with E-state index in [0.717, 1.165) is 29.5 Å². The van der Waals surface area contributed by atoms with E-state index >= 15 is 0 Å². The zero-order chi connectivity index (χ0) is 15.4. The largest absolute Gasteiger partial charge is 0.480 e. The minimum Gasteiger partial charge on any atom is -0.480 e. The lowest BCUT2D eigenvalue weighted by Gasteiger charge is -2.25.